The fourth-order valence-corrected chi connectivity index (χ4v) is 5.70. The summed E-state index contributed by atoms with van der Waals surface area (Å²) in [5.41, 5.74) is -0.245. The molecule has 3 rings (SSSR count). The highest BCUT2D eigenvalue weighted by atomic mass is 32.2. The molecular formula is C23H35FN2O5S. The van der Waals surface area contributed by atoms with Crippen LogP contribution >= 0.6 is 0 Å². The maximum Gasteiger partial charge on any atom is 0.410 e. The average Bonchev–Trinajstić information content (AvgIpc) is 3.09. The van der Waals surface area contributed by atoms with Crippen molar-refractivity contribution in [2.75, 3.05) is 19.3 Å². The van der Waals surface area contributed by atoms with Crippen LogP contribution in [0.15, 0.2) is 24.3 Å². The summed E-state index contributed by atoms with van der Waals surface area (Å²) in [6.45, 7) is 6.37. The molecule has 2 aliphatic rings. The Morgan fingerprint density at radius 1 is 1.22 bits per heavy atom. The van der Waals surface area contributed by atoms with Crippen molar-refractivity contribution in [3.8, 4) is 0 Å². The molecule has 1 aromatic carbocycles. The first-order valence-electron chi connectivity index (χ1n) is 11.2. The monoisotopic (exact) mass is 470 g/mol. The second kappa shape index (κ2) is 9.65. The van der Waals surface area contributed by atoms with Crippen LogP contribution in [0.4, 0.5) is 9.18 Å². The summed E-state index contributed by atoms with van der Waals surface area (Å²) in [5, 5.41) is 11.0. The molecule has 0 spiro atoms. The maximum atomic E-state index is 13.7. The van der Waals surface area contributed by atoms with Crippen LogP contribution in [0.25, 0.3) is 0 Å². The molecule has 1 aromatic rings. The Bertz CT molecular complexity index is 909. The molecule has 2 aliphatic heterocycles. The van der Waals surface area contributed by atoms with Gasteiger partial charge in [0.2, 0.25) is 10.0 Å². The molecular weight excluding hydrogens is 435 g/mol. The Balaban J connectivity index is 1.76. The summed E-state index contributed by atoms with van der Waals surface area (Å²) >= 11 is 0. The van der Waals surface area contributed by atoms with Crippen molar-refractivity contribution >= 4 is 16.1 Å². The lowest BCUT2D eigenvalue weighted by atomic mass is 9.90. The van der Waals surface area contributed by atoms with E-state index in [9.17, 15) is 22.7 Å². The highest BCUT2D eigenvalue weighted by Gasteiger charge is 2.44. The lowest BCUT2D eigenvalue weighted by Gasteiger charge is -2.37. The molecule has 0 bridgehead atoms. The van der Waals surface area contributed by atoms with E-state index in [-0.39, 0.29) is 12.0 Å². The Morgan fingerprint density at radius 3 is 2.44 bits per heavy atom. The fraction of sp³-hybridized carbons (Fsp3) is 0.696. The zero-order valence-electron chi connectivity index (χ0n) is 19.3. The SMILES string of the molecule is CC(C)(C)OC(=O)N1[C@H](CC2CCN(S(C)(=O)=O)CC2)CC[C@@H]1[C@H](O)c1cccc(F)c1. The number of ether oxygens (including phenoxy) is 1. The van der Waals surface area contributed by atoms with E-state index in [1.54, 1.807) is 37.8 Å². The molecule has 0 saturated carbocycles. The van der Waals surface area contributed by atoms with Crippen LogP contribution in [0.5, 0.6) is 0 Å². The molecule has 1 amide bonds. The second-order valence-electron chi connectivity index (χ2n) is 10.0. The van der Waals surface area contributed by atoms with Crippen LogP contribution in [0.2, 0.25) is 0 Å². The smallest absolute Gasteiger partial charge is 0.410 e. The van der Waals surface area contributed by atoms with Crippen molar-refractivity contribution in [3.05, 3.63) is 35.6 Å². The highest BCUT2D eigenvalue weighted by Crippen LogP contribution is 2.38. The van der Waals surface area contributed by atoms with E-state index in [2.05, 4.69) is 0 Å². The van der Waals surface area contributed by atoms with Gasteiger partial charge in [-0.2, -0.15) is 0 Å². The van der Waals surface area contributed by atoms with Crippen LogP contribution in [0.1, 0.15) is 64.5 Å². The molecule has 0 aliphatic carbocycles. The lowest BCUT2D eigenvalue weighted by Crippen LogP contribution is -2.47. The molecule has 32 heavy (non-hydrogen) atoms. The highest BCUT2D eigenvalue weighted by molar-refractivity contribution is 7.88. The summed E-state index contributed by atoms with van der Waals surface area (Å²) in [6.07, 6.45) is 3.23. The number of sulfonamides is 1. The Morgan fingerprint density at radius 2 is 1.88 bits per heavy atom. The lowest BCUT2D eigenvalue weighted by molar-refractivity contribution is -0.00747. The molecule has 2 saturated heterocycles. The number of hydrogen-bond acceptors (Lipinski definition) is 5. The first-order valence-corrected chi connectivity index (χ1v) is 13.1. The van der Waals surface area contributed by atoms with Gasteiger partial charge in [0.15, 0.2) is 0 Å². The van der Waals surface area contributed by atoms with E-state index in [0.717, 1.165) is 19.3 Å². The maximum absolute atomic E-state index is 13.7. The van der Waals surface area contributed by atoms with Crippen molar-refractivity contribution in [2.45, 2.75) is 76.7 Å². The standard InChI is InChI=1S/C23H35FN2O5S/c1-23(2,3)31-22(28)26-19(14-16-10-12-25(13-11-16)32(4,29)30)8-9-20(26)21(27)17-6-5-7-18(24)15-17/h5-7,15-16,19-21,27H,8-14H2,1-4H3/t19-,20+,21+/m0/s1. The molecule has 180 valence electrons. The quantitative estimate of drug-likeness (QED) is 0.709. The number of aliphatic hydroxyl groups excluding tert-OH is 1. The molecule has 2 fully saturated rings. The van der Waals surface area contributed by atoms with Gasteiger partial charge in [-0.25, -0.2) is 21.9 Å². The summed E-state index contributed by atoms with van der Waals surface area (Å²) in [6, 6.07) is 5.21. The van der Waals surface area contributed by atoms with Crippen LogP contribution in [-0.2, 0) is 14.8 Å². The van der Waals surface area contributed by atoms with Gasteiger partial charge in [0.25, 0.3) is 0 Å². The zero-order valence-corrected chi connectivity index (χ0v) is 20.1. The fourth-order valence-electron chi connectivity index (χ4n) is 4.83. The average molecular weight is 471 g/mol. The van der Waals surface area contributed by atoms with Crippen LogP contribution in [0.3, 0.4) is 0 Å². The molecule has 3 atom stereocenters. The topological polar surface area (TPSA) is 87.2 Å². The predicted molar refractivity (Wildman–Crippen MR) is 120 cm³/mol. The zero-order chi connectivity index (χ0) is 23.7. The number of rotatable bonds is 5. The van der Waals surface area contributed by atoms with Crippen molar-refractivity contribution in [1.29, 1.82) is 0 Å². The van der Waals surface area contributed by atoms with E-state index < -0.39 is 39.7 Å². The molecule has 0 radical (unpaired) electrons. The number of amides is 1. The molecule has 0 aromatic heterocycles. The number of likely N-dealkylation sites (tertiary alicyclic amines) is 1. The number of halogens is 1. The van der Waals surface area contributed by atoms with Gasteiger partial charge < -0.3 is 9.84 Å². The van der Waals surface area contributed by atoms with Gasteiger partial charge in [-0.1, -0.05) is 12.1 Å². The van der Waals surface area contributed by atoms with Gasteiger partial charge in [-0.3, -0.25) is 4.90 Å². The van der Waals surface area contributed by atoms with E-state index >= 15 is 0 Å². The Kier molecular flexibility index (Phi) is 7.51. The first-order chi connectivity index (χ1) is 14.8. The summed E-state index contributed by atoms with van der Waals surface area (Å²) in [4.78, 5) is 14.8. The van der Waals surface area contributed by atoms with Crippen LogP contribution in [-0.4, -0.2) is 65.9 Å². The van der Waals surface area contributed by atoms with E-state index in [0.29, 0.717) is 31.5 Å². The summed E-state index contributed by atoms with van der Waals surface area (Å²) in [7, 11) is -3.19. The largest absolute Gasteiger partial charge is 0.444 e. The number of piperidine rings is 1. The van der Waals surface area contributed by atoms with Crippen molar-refractivity contribution in [2.24, 2.45) is 5.92 Å². The number of nitrogens with zero attached hydrogens (tertiary/aromatic N) is 2. The van der Waals surface area contributed by atoms with Gasteiger partial charge in [0.05, 0.1) is 18.4 Å². The third-order valence-corrected chi connectivity index (χ3v) is 7.66. The molecule has 1 N–H and O–H groups in total. The van der Waals surface area contributed by atoms with Crippen molar-refractivity contribution in [3.63, 3.8) is 0 Å². The van der Waals surface area contributed by atoms with E-state index in [4.69, 9.17) is 4.74 Å². The third-order valence-electron chi connectivity index (χ3n) is 6.35. The molecule has 2 heterocycles. The Hall–Kier alpha value is -1.71. The minimum atomic E-state index is -3.19. The van der Waals surface area contributed by atoms with Crippen molar-refractivity contribution in [1.82, 2.24) is 9.21 Å². The molecule has 9 heteroatoms. The van der Waals surface area contributed by atoms with E-state index in [1.807, 2.05) is 0 Å². The number of carbonyl (C=O) groups excluding carboxylic acids is 1. The van der Waals surface area contributed by atoms with Crippen LogP contribution < -0.4 is 0 Å². The van der Waals surface area contributed by atoms with Gasteiger partial charge in [0, 0.05) is 19.1 Å². The number of aliphatic hydroxyl groups is 1. The second-order valence-corrected chi connectivity index (χ2v) is 12.0. The summed E-state index contributed by atoms with van der Waals surface area (Å²) in [5.74, 6) is -0.148. The first kappa shape index (κ1) is 24.9. The Labute approximate surface area is 190 Å². The number of hydrogen-bond donors (Lipinski definition) is 1. The van der Waals surface area contributed by atoms with Gasteiger partial charge >= 0.3 is 6.09 Å². The van der Waals surface area contributed by atoms with Gasteiger partial charge in [0.1, 0.15) is 11.4 Å². The van der Waals surface area contributed by atoms with Gasteiger partial charge in [-0.15, -0.1) is 0 Å². The molecule has 7 nitrogen and oxygen atoms in total. The predicted octanol–water partition coefficient (Wildman–Crippen LogP) is 3.69. The third kappa shape index (κ3) is 6.20. The number of benzene rings is 1. The van der Waals surface area contributed by atoms with Gasteiger partial charge in [-0.05, 0) is 76.5 Å². The summed E-state index contributed by atoms with van der Waals surface area (Å²) < 4.78 is 44.5. The normalized spacial score (nSPS) is 24.5. The van der Waals surface area contributed by atoms with Crippen molar-refractivity contribution < 1.29 is 27.4 Å². The van der Waals surface area contributed by atoms with E-state index in [1.165, 1.54) is 22.7 Å². The number of carbonyl (C=O) groups is 1. The minimum absolute atomic E-state index is 0.118. The van der Waals surface area contributed by atoms with Crippen LogP contribution in [0, 0.1) is 11.7 Å². The minimum Gasteiger partial charge on any atom is -0.444 e. The molecule has 0 unspecified atom stereocenters.